The van der Waals surface area contributed by atoms with E-state index in [1.165, 1.54) is 4.31 Å². The van der Waals surface area contributed by atoms with E-state index in [0.29, 0.717) is 35.8 Å². The quantitative estimate of drug-likeness (QED) is 0.310. The smallest absolute Gasteiger partial charge is 0.215 e. The first-order chi connectivity index (χ1) is 11.3. The van der Waals surface area contributed by atoms with Crippen LogP contribution in [0.5, 0.6) is 0 Å². The Labute approximate surface area is 177 Å². The third-order valence-corrected chi connectivity index (χ3v) is 6.49. The standard InChI is InChI=1S/C14H25Cl2N5O2S.HI/c1-5-21(6-2)24(22,23)8-7-18-14(17-3)19-10-11-9-12(15)13(16)20(11)4;/h9H,5-8,10H2,1-4H3,(H2,17,18,19);1H. The number of sulfonamides is 1. The van der Waals surface area contributed by atoms with Crippen LogP contribution in [-0.4, -0.2) is 55.7 Å². The number of hydrogen-bond donors (Lipinski definition) is 2. The van der Waals surface area contributed by atoms with Crippen molar-refractivity contribution in [2.75, 3.05) is 32.4 Å². The highest BCUT2D eigenvalue weighted by atomic mass is 127. The molecule has 0 fully saturated rings. The van der Waals surface area contributed by atoms with Crippen LogP contribution in [0.15, 0.2) is 11.1 Å². The maximum Gasteiger partial charge on any atom is 0.215 e. The first kappa shape index (κ1) is 24.8. The maximum absolute atomic E-state index is 12.1. The zero-order valence-electron chi connectivity index (χ0n) is 14.8. The highest BCUT2D eigenvalue weighted by molar-refractivity contribution is 14.0. The van der Waals surface area contributed by atoms with E-state index in [1.54, 1.807) is 17.7 Å². The fourth-order valence-corrected chi connectivity index (χ4v) is 4.02. The van der Waals surface area contributed by atoms with Crippen molar-refractivity contribution >= 4 is 63.2 Å². The van der Waals surface area contributed by atoms with E-state index >= 15 is 0 Å². The van der Waals surface area contributed by atoms with Crippen LogP contribution in [0.1, 0.15) is 19.5 Å². The van der Waals surface area contributed by atoms with Crippen molar-refractivity contribution in [3.05, 3.63) is 21.9 Å². The van der Waals surface area contributed by atoms with E-state index in [4.69, 9.17) is 23.2 Å². The minimum Gasteiger partial charge on any atom is -0.355 e. The van der Waals surface area contributed by atoms with Gasteiger partial charge in [-0.25, -0.2) is 12.7 Å². The van der Waals surface area contributed by atoms with Gasteiger partial charge >= 0.3 is 0 Å². The second-order valence-corrected chi connectivity index (χ2v) is 7.94. The second-order valence-electron chi connectivity index (χ2n) is 5.09. The van der Waals surface area contributed by atoms with Crippen LogP contribution < -0.4 is 10.6 Å². The molecular weight excluding hydrogens is 500 g/mol. The molecule has 7 nitrogen and oxygen atoms in total. The van der Waals surface area contributed by atoms with Crippen molar-refractivity contribution in [2.24, 2.45) is 12.0 Å². The molecule has 25 heavy (non-hydrogen) atoms. The minimum atomic E-state index is -3.25. The van der Waals surface area contributed by atoms with Gasteiger partial charge in [-0.3, -0.25) is 4.99 Å². The van der Waals surface area contributed by atoms with E-state index in [9.17, 15) is 8.42 Å². The summed E-state index contributed by atoms with van der Waals surface area (Å²) >= 11 is 12.0. The number of halogens is 3. The van der Waals surface area contributed by atoms with Gasteiger partial charge in [-0.15, -0.1) is 24.0 Å². The second kappa shape index (κ2) is 11.5. The highest BCUT2D eigenvalue weighted by Crippen LogP contribution is 2.24. The van der Waals surface area contributed by atoms with Crippen molar-refractivity contribution < 1.29 is 8.42 Å². The SMILES string of the molecule is CCN(CC)S(=O)(=O)CCNC(=NC)NCc1cc(Cl)c(Cl)n1C.I. The van der Waals surface area contributed by atoms with Gasteiger partial charge in [0, 0.05) is 39.4 Å². The van der Waals surface area contributed by atoms with E-state index in [2.05, 4.69) is 15.6 Å². The van der Waals surface area contributed by atoms with Gasteiger partial charge < -0.3 is 15.2 Å². The van der Waals surface area contributed by atoms with Crippen LogP contribution in [0.4, 0.5) is 0 Å². The Hall–Kier alpha value is -0.230. The van der Waals surface area contributed by atoms with Crippen LogP contribution in [0.2, 0.25) is 10.2 Å². The largest absolute Gasteiger partial charge is 0.355 e. The van der Waals surface area contributed by atoms with E-state index in [1.807, 2.05) is 20.9 Å². The monoisotopic (exact) mass is 525 g/mol. The molecule has 146 valence electrons. The van der Waals surface area contributed by atoms with Gasteiger partial charge in [0.15, 0.2) is 5.96 Å². The lowest BCUT2D eigenvalue weighted by atomic mass is 10.4. The molecule has 0 spiro atoms. The molecule has 0 radical (unpaired) electrons. The number of rotatable bonds is 8. The lowest BCUT2D eigenvalue weighted by Gasteiger charge is -2.19. The fraction of sp³-hybridized carbons (Fsp3) is 0.643. The molecule has 1 rings (SSSR count). The van der Waals surface area contributed by atoms with E-state index in [-0.39, 0.29) is 36.3 Å². The predicted octanol–water partition coefficient (Wildman–Crippen LogP) is 2.29. The van der Waals surface area contributed by atoms with Crippen molar-refractivity contribution in [3.8, 4) is 0 Å². The minimum absolute atomic E-state index is 0. The number of aliphatic imine (C=N–C) groups is 1. The number of nitrogens with zero attached hydrogens (tertiary/aromatic N) is 3. The molecule has 11 heteroatoms. The molecule has 1 aromatic heterocycles. The van der Waals surface area contributed by atoms with Crippen LogP contribution in [0.3, 0.4) is 0 Å². The average molecular weight is 526 g/mol. The Kier molecular flexibility index (Phi) is 11.4. The van der Waals surface area contributed by atoms with Crippen LogP contribution in [-0.2, 0) is 23.6 Å². The summed E-state index contributed by atoms with van der Waals surface area (Å²) in [4.78, 5) is 4.08. The number of guanidine groups is 1. The highest BCUT2D eigenvalue weighted by Gasteiger charge is 2.18. The molecule has 0 aromatic carbocycles. The van der Waals surface area contributed by atoms with Gasteiger partial charge in [0.05, 0.1) is 17.3 Å². The lowest BCUT2D eigenvalue weighted by Crippen LogP contribution is -2.42. The molecule has 0 saturated carbocycles. The normalized spacial score (nSPS) is 12.2. The van der Waals surface area contributed by atoms with Gasteiger partial charge in [0.2, 0.25) is 10.0 Å². The van der Waals surface area contributed by atoms with Gasteiger partial charge in [-0.2, -0.15) is 0 Å². The summed E-state index contributed by atoms with van der Waals surface area (Å²) in [7, 11) is 0.188. The third-order valence-electron chi connectivity index (χ3n) is 3.63. The summed E-state index contributed by atoms with van der Waals surface area (Å²) in [5, 5.41) is 7.06. The molecular formula is C14H26Cl2IN5O2S. The van der Waals surface area contributed by atoms with Gasteiger partial charge in [-0.05, 0) is 6.07 Å². The first-order valence-electron chi connectivity index (χ1n) is 7.68. The van der Waals surface area contributed by atoms with E-state index < -0.39 is 10.0 Å². The molecule has 0 aliphatic rings. The van der Waals surface area contributed by atoms with Crippen molar-refractivity contribution in [1.82, 2.24) is 19.5 Å². The van der Waals surface area contributed by atoms with Gasteiger partial charge in [0.1, 0.15) is 5.15 Å². The molecule has 0 atom stereocenters. The Morgan fingerprint density at radius 3 is 2.32 bits per heavy atom. The number of aromatic nitrogens is 1. The Morgan fingerprint density at radius 2 is 1.88 bits per heavy atom. The topological polar surface area (TPSA) is 78.7 Å². The lowest BCUT2D eigenvalue weighted by molar-refractivity contribution is 0.445. The van der Waals surface area contributed by atoms with Crippen molar-refractivity contribution in [2.45, 2.75) is 20.4 Å². The molecule has 2 N–H and O–H groups in total. The van der Waals surface area contributed by atoms with Gasteiger partial charge in [-0.1, -0.05) is 37.0 Å². The molecule has 0 amide bonds. The fourth-order valence-electron chi connectivity index (χ4n) is 2.20. The van der Waals surface area contributed by atoms with Crippen molar-refractivity contribution in [3.63, 3.8) is 0 Å². The molecule has 0 aliphatic carbocycles. The molecule has 1 aromatic rings. The van der Waals surface area contributed by atoms with Crippen LogP contribution in [0, 0.1) is 0 Å². The predicted molar refractivity (Wildman–Crippen MR) is 116 cm³/mol. The third kappa shape index (κ3) is 7.12. The Morgan fingerprint density at radius 1 is 1.28 bits per heavy atom. The van der Waals surface area contributed by atoms with Gasteiger partial charge in [0.25, 0.3) is 0 Å². The maximum atomic E-state index is 12.1. The Balaban J connectivity index is 0.00000576. The summed E-state index contributed by atoms with van der Waals surface area (Å²) in [5.74, 6) is 0.523. The Bertz CT molecular complexity index is 675. The zero-order valence-corrected chi connectivity index (χ0v) is 19.5. The summed E-state index contributed by atoms with van der Waals surface area (Å²) in [6, 6.07) is 1.77. The van der Waals surface area contributed by atoms with Crippen LogP contribution >= 0.6 is 47.2 Å². The molecule has 0 aliphatic heterocycles. The number of nitrogens with one attached hydrogen (secondary N) is 2. The molecule has 0 bridgehead atoms. The number of hydrogen-bond acceptors (Lipinski definition) is 3. The van der Waals surface area contributed by atoms with E-state index in [0.717, 1.165) is 5.69 Å². The zero-order chi connectivity index (χ0) is 18.3. The average Bonchev–Trinajstić information content (AvgIpc) is 2.78. The summed E-state index contributed by atoms with van der Waals surface area (Å²) < 4.78 is 27.5. The molecule has 1 heterocycles. The van der Waals surface area contributed by atoms with Crippen LogP contribution in [0.25, 0.3) is 0 Å². The summed E-state index contributed by atoms with van der Waals surface area (Å²) in [5.41, 5.74) is 0.892. The summed E-state index contributed by atoms with van der Waals surface area (Å²) in [6.07, 6.45) is 0. The first-order valence-corrected chi connectivity index (χ1v) is 10.0. The van der Waals surface area contributed by atoms with Crippen molar-refractivity contribution in [1.29, 1.82) is 0 Å². The molecule has 0 saturated heterocycles. The molecule has 0 unspecified atom stereocenters. The summed E-state index contributed by atoms with van der Waals surface area (Å²) in [6.45, 7) is 5.33.